The molecule has 154 valence electrons. The van der Waals surface area contributed by atoms with E-state index in [0.29, 0.717) is 22.3 Å². The molecule has 1 fully saturated rings. The second-order valence-electron chi connectivity index (χ2n) is 8.04. The molecule has 1 N–H and O–H groups in total. The fraction of sp³-hybridized carbons (Fsp3) is 0.381. The van der Waals surface area contributed by atoms with Crippen molar-refractivity contribution in [2.24, 2.45) is 11.8 Å². The Hall–Kier alpha value is -3.00. The number of fused-ring (bicyclic) bond motifs is 1. The van der Waals surface area contributed by atoms with Gasteiger partial charge in [-0.25, -0.2) is 19.7 Å². The number of hydrogen-bond donors (Lipinski definition) is 1. The molecule has 0 aliphatic heterocycles. The van der Waals surface area contributed by atoms with Gasteiger partial charge in [-0.3, -0.25) is 9.51 Å². The smallest absolute Gasteiger partial charge is 0.327 e. The summed E-state index contributed by atoms with van der Waals surface area (Å²) in [6.07, 6.45) is 6.77. The molecular formula is C21H21ClN6O2. The molecule has 0 bridgehead atoms. The lowest BCUT2D eigenvalue weighted by molar-refractivity contribution is 0.266. The highest BCUT2D eigenvalue weighted by Gasteiger charge is 2.22. The third kappa shape index (κ3) is 3.63. The molecule has 0 saturated heterocycles. The monoisotopic (exact) mass is 424 g/mol. The molecule has 1 aliphatic carbocycles. The van der Waals surface area contributed by atoms with Crippen LogP contribution < -0.4 is 5.76 Å². The summed E-state index contributed by atoms with van der Waals surface area (Å²) in [5, 5.41) is 4.34. The average Bonchev–Trinajstić information content (AvgIpc) is 3.35. The highest BCUT2D eigenvalue weighted by Crippen LogP contribution is 2.33. The van der Waals surface area contributed by atoms with Gasteiger partial charge in [-0.15, -0.1) is 0 Å². The molecule has 1 aromatic carbocycles. The molecular weight excluding hydrogens is 404 g/mol. The topological polar surface area (TPSA) is 102 Å². The number of aromatic amines is 1. The van der Waals surface area contributed by atoms with Crippen LogP contribution in [0.1, 0.15) is 32.6 Å². The maximum Gasteiger partial charge on any atom is 0.439 e. The molecule has 3 heterocycles. The number of imidazole rings is 1. The van der Waals surface area contributed by atoms with E-state index in [1.165, 1.54) is 25.7 Å². The number of nitrogens with zero attached hydrogens (tertiary/aromatic N) is 5. The van der Waals surface area contributed by atoms with Crippen molar-refractivity contribution < 1.29 is 4.52 Å². The van der Waals surface area contributed by atoms with Crippen LogP contribution in [0.15, 0.2) is 39.9 Å². The Labute approximate surface area is 177 Å². The zero-order valence-corrected chi connectivity index (χ0v) is 17.3. The number of benzene rings is 1. The second kappa shape index (κ2) is 7.68. The van der Waals surface area contributed by atoms with Crippen LogP contribution in [0.5, 0.6) is 0 Å². The predicted octanol–water partition coefficient (Wildman–Crippen LogP) is 4.32. The first-order chi connectivity index (χ1) is 14.6. The average molecular weight is 425 g/mol. The van der Waals surface area contributed by atoms with Crippen molar-refractivity contribution in [1.82, 2.24) is 29.7 Å². The highest BCUT2D eigenvalue weighted by atomic mass is 35.5. The van der Waals surface area contributed by atoms with E-state index in [1.807, 2.05) is 30.6 Å². The molecule has 9 heteroatoms. The molecule has 3 aromatic heterocycles. The zero-order chi connectivity index (χ0) is 20.7. The first kappa shape index (κ1) is 19.0. The summed E-state index contributed by atoms with van der Waals surface area (Å²) in [6.45, 7) is 3.20. The number of nitrogens with one attached hydrogen (secondary N) is 1. The lowest BCUT2D eigenvalue weighted by atomic mass is 9.83. The third-order valence-electron chi connectivity index (χ3n) is 5.81. The Morgan fingerprint density at radius 3 is 2.80 bits per heavy atom. The van der Waals surface area contributed by atoms with Gasteiger partial charge in [0.1, 0.15) is 11.2 Å². The van der Waals surface area contributed by atoms with Crippen LogP contribution in [0.4, 0.5) is 0 Å². The number of H-pyrrole nitrogens is 1. The van der Waals surface area contributed by atoms with E-state index in [1.54, 1.807) is 0 Å². The van der Waals surface area contributed by atoms with E-state index in [9.17, 15) is 4.79 Å². The van der Waals surface area contributed by atoms with Crippen molar-refractivity contribution in [3.63, 3.8) is 0 Å². The summed E-state index contributed by atoms with van der Waals surface area (Å²) >= 11 is 6.25. The minimum Gasteiger partial charge on any atom is -0.327 e. The predicted molar refractivity (Wildman–Crippen MR) is 113 cm³/mol. The van der Waals surface area contributed by atoms with Crippen molar-refractivity contribution >= 4 is 22.8 Å². The fourth-order valence-electron chi connectivity index (χ4n) is 4.18. The van der Waals surface area contributed by atoms with Gasteiger partial charge in [-0.2, -0.15) is 0 Å². The van der Waals surface area contributed by atoms with Gasteiger partial charge in [0.15, 0.2) is 5.65 Å². The van der Waals surface area contributed by atoms with E-state index in [-0.39, 0.29) is 11.6 Å². The quantitative estimate of drug-likeness (QED) is 0.523. The first-order valence-electron chi connectivity index (χ1n) is 10.1. The summed E-state index contributed by atoms with van der Waals surface area (Å²) in [5.74, 6) is 1.17. The largest absolute Gasteiger partial charge is 0.439 e. The molecule has 0 unspecified atom stereocenters. The third-order valence-corrected chi connectivity index (χ3v) is 6.05. The summed E-state index contributed by atoms with van der Waals surface area (Å²) in [4.78, 5) is 27.7. The molecule has 4 aromatic rings. The Kier molecular flexibility index (Phi) is 4.86. The number of hydrogen-bond acceptors (Lipinski definition) is 6. The maximum atomic E-state index is 11.4. The molecule has 30 heavy (non-hydrogen) atoms. The number of halogens is 1. The van der Waals surface area contributed by atoms with E-state index < -0.39 is 5.76 Å². The van der Waals surface area contributed by atoms with Crippen LogP contribution in [0.2, 0.25) is 5.02 Å². The van der Waals surface area contributed by atoms with Gasteiger partial charge in [-0.1, -0.05) is 48.7 Å². The first-order valence-corrected chi connectivity index (χ1v) is 10.5. The Morgan fingerprint density at radius 2 is 2.07 bits per heavy atom. The van der Waals surface area contributed by atoms with Crippen molar-refractivity contribution in [3.05, 3.63) is 46.2 Å². The SMILES string of the molecule is C[C@H]1CC[C@H](Cn2cnc3nc(-c4noc(=O)[nH]4)nc(-c4cccc(Cl)c4)c32)CC1. The van der Waals surface area contributed by atoms with Gasteiger partial charge in [0.25, 0.3) is 0 Å². The van der Waals surface area contributed by atoms with Gasteiger partial charge in [0, 0.05) is 17.1 Å². The second-order valence-corrected chi connectivity index (χ2v) is 8.48. The minimum absolute atomic E-state index is 0.168. The van der Waals surface area contributed by atoms with Gasteiger partial charge >= 0.3 is 5.76 Å². The molecule has 1 aliphatic rings. The lowest BCUT2D eigenvalue weighted by Gasteiger charge is -2.26. The zero-order valence-electron chi connectivity index (χ0n) is 16.5. The summed E-state index contributed by atoms with van der Waals surface area (Å²) in [6, 6.07) is 7.51. The Balaban J connectivity index is 1.64. The molecule has 1 saturated carbocycles. The molecule has 0 atom stereocenters. The molecule has 0 spiro atoms. The van der Waals surface area contributed by atoms with Crippen LogP contribution in [-0.4, -0.2) is 29.7 Å². The molecule has 0 radical (unpaired) electrons. The van der Waals surface area contributed by atoms with Gasteiger partial charge < -0.3 is 4.57 Å². The van der Waals surface area contributed by atoms with Crippen LogP contribution in [0.3, 0.4) is 0 Å². The van der Waals surface area contributed by atoms with E-state index in [2.05, 4.69) is 36.1 Å². The Morgan fingerprint density at radius 1 is 1.23 bits per heavy atom. The van der Waals surface area contributed by atoms with E-state index >= 15 is 0 Å². The highest BCUT2D eigenvalue weighted by molar-refractivity contribution is 6.30. The van der Waals surface area contributed by atoms with Gasteiger partial charge in [0.2, 0.25) is 11.6 Å². The lowest BCUT2D eigenvalue weighted by Crippen LogP contribution is -2.17. The van der Waals surface area contributed by atoms with Crippen LogP contribution in [0, 0.1) is 11.8 Å². The van der Waals surface area contributed by atoms with Crippen molar-refractivity contribution in [3.8, 4) is 22.9 Å². The number of aromatic nitrogens is 6. The normalized spacial score (nSPS) is 19.4. The molecule has 5 rings (SSSR count). The summed E-state index contributed by atoms with van der Waals surface area (Å²) < 4.78 is 6.76. The maximum absolute atomic E-state index is 11.4. The summed E-state index contributed by atoms with van der Waals surface area (Å²) in [5.41, 5.74) is 2.94. The standard InChI is InChI=1S/C21H21ClN6O2/c1-12-5-7-13(8-6-12)10-28-11-23-18-17(28)16(14-3-2-4-15(22)9-14)24-19(25-18)20-26-21(29)30-27-20/h2-4,9,11-13H,5-8,10H2,1H3,(H,26,27,29)/t12-,13-. The van der Waals surface area contributed by atoms with Crippen molar-refractivity contribution in [2.45, 2.75) is 39.2 Å². The van der Waals surface area contributed by atoms with E-state index in [4.69, 9.17) is 16.6 Å². The van der Waals surface area contributed by atoms with Gasteiger partial charge in [0.05, 0.1) is 6.33 Å². The van der Waals surface area contributed by atoms with Gasteiger partial charge in [-0.05, 0) is 36.8 Å². The molecule has 0 amide bonds. The van der Waals surface area contributed by atoms with Crippen LogP contribution in [0.25, 0.3) is 34.1 Å². The number of rotatable bonds is 4. The minimum atomic E-state index is -0.657. The van der Waals surface area contributed by atoms with E-state index in [0.717, 1.165) is 23.5 Å². The molecule has 8 nitrogen and oxygen atoms in total. The Bertz CT molecular complexity index is 1250. The van der Waals surface area contributed by atoms with Crippen molar-refractivity contribution in [2.75, 3.05) is 0 Å². The summed E-state index contributed by atoms with van der Waals surface area (Å²) in [7, 11) is 0. The van der Waals surface area contributed by atoms with Crippen LogP contribution >= 0.6 is 11.6 Å². The fourth-order valence-corrected chi connectivity index (χ4v) is 4.37. The van der Waals surface area contributed by atoms with Crippen LogP contribution in [-0.2, 0) is 6.54 Å². The van der Waals surface area contributed by atoms with Crippen molar-refractivity contribution in [1.29, 1.82) is 0 Å².